The Balaban J connectivity index is 2.57. The van der Waals surface area contributed by atoms with Crippen molar-refractivity contribution in [1.82, 2.24) is 5.32 Å². The van der Waals surface area contributed by atoms with Crippen LogP contribution in [0.1, 0.15) is 34.8 Å². The van der Waals surface area contributed by atoms with E-state index in [-0.39, 0.29) is 11.9 Å². The van der Waals surface area contributed by atoms with Crippen LogP contribution in [0.15, 0.2) is 12.1 Å². The molecule has 2 nitrogen and oxygen atoms in total. The number of aryl methyl sites for hydroxylation is 1. The van der Waals surface area contributed by atoms with E-state index in [1.807, 2.05) is 19.1 Å². The van der Waals surface area contributed by atoms with Crippen molar-refractivity contribution in [3.63, 3.8) is 0 Å². The molecule has 0 spiro atoms. The molecule has 0 radical (unpaired) electrons. The Kier molecular flexibility index (Phi) is 4.38. The van der Waals surface area contributed by atoms with Crippen LogP contribution in [0, 0.1) is 12.3 Å². The molecule has 1 aromatic heterocycles. The average molecular weight is 221 g/mol. The summed E-state index contributed by atoms with van der Waals surface area (Å²) < 4.78 is 0. The third kappa shape index (κ3) is 3.41. The van der Waals surface area contributed by atoms with E-state index in [0.29, 0.717) is 6.42 Å². The largest absolute Gasteiger partial charge is 0.348 e. The van der Waals surface area contributed by atoms with E-state index < -0.39 is 0 Å². The molecule has 0 aliphatic rings. The highest BCUT2D eigenvalue weighted by Gasteiger charge is 2.10. The molecular formula is C12H15NOS. The summed E-state index contributed by atoms with van der Waals surface area (Å²) in [4.78, 5) is 13.7. The lowest BCUT2D eigenvalue weighted by Crippen LogP contribution is -2.31. The molecule has 1 amide bonds. The van der Waals surface area contributed by atoms with Crippen molar-refractivity contribution in [3.05, 3.63) is 21.9 Å². The van der Waals surface area contributed by atoms with E-state index in [4.69, 9.17) is 6.42 Å². The lowest BCUT2D eigenvalue weighted by Gasteiger charge is -2.09. The Morgan fingerprint density at radius 3 is 2.93 bits per heavy atom. The number of hydrogen-bond acceptors (Lipinski definition) is 2. The number of thiophene rings is 1. The second kappa shape index (κ2) is 5.57. The predicted molar refractivity (Wildman–Crippen MR) is 64.1 cm³/mol. The van der Waals surface area contributed by atoms with E-state index in [0.717, 1.165) is 11.3 Å². The lowest BCUT2D eigenvalue weighted by atomic mass is 10.2. The molecule has 1 rings (SSSR count). The number of hydrogen-bond donors (Lipinski definition) is 1. The maximum Gasteiger partial charge on any atom is 0.261 e. The fraction of sp³-hybridized carbons (Fsp3) is 0.417. The summed E-state index contributed by atoms with van der Waals surface area (Å²) in [5, 5.41) is 2.86. The molecule has 1 N–H and O–H groups in total. The van der Waals surface area contributed by atoms with Crippen LogP contribution in [0.3, 0.4) is 0 Å². The average Bonchev–Trinajstić information content (AvgIpc) is 2.66. The van der Waals surface area contributed by atoms with Gasteiger partial charge in [-0.1, -0.05) is 6.92 Å². The van der Waals surface area contributed by atoms with Gasteiger partial charge in [0.2, 0.25) is 0 Å². The molecule has 1 aromatic rings. The van der Waals surface area contributed by atoms with Crippen molar-refractivity contribution in [3.8, 4) is 12.3 Å². The summed E-state index contributed by atoms with van der Waals surface area (Å²) in [6, 6.07) is 3.89. The van der Waals surface area contributed by atoms with Gasteiger partial charge in [-0.15, -0.1) is 23.7 Å². The third-order valence-electron chi connectivity index (χ3n) is 2.04. The second-order valence-electron chi connectivity index (χ2n) is 3.40. The van der Waals surface area contributed by atoms with Crippen LogP contribution in [0.4, 0.5) is 0 Å². The smallest absolute Gasteiger partial charge is 0.261 e. The Labute approximate surface area is 94.7 Å². The zero-order valence-electron chi connectivity index (χ0n) is 9.04. The molecule has 0 saturated heterocycles. The van der Waals surface area contributed by atoms with Gasteiger partial charge in [-0.05, 0) is 25.5 Å². The highest BCUT2D eigenvalue weighted by atomic mass is 32.1. The Bertz CT molecular complexity index is 375. The summed E-state index contributed by atoms with van der Waals surface area (Å²) in [5.41, 5.74) is 0. The van der Waals surface area contributed by atoms with E-state index in [2.05, 4.69) is 18.2 Å². The van der Waals surface area contributed by atoms with E-state index in [1.54, 1.807) is 0 Å². The van der Waals surface area contributed by atoms with Crippen LogP contribution < -0.4 is 5.32 Å². The fourth-order valence-electron chi connectivity index (χ4n) is 1.21. The van der Waals surface area contributed by atoms with Gasteiger partial charge in [-0.2, -0.15) is 0 Å². The SMILES string of the molecule is C#CCC(C)NC(=O)c1ccc(CC)s1. The summed E-state index contributed by atoms with van der Waals surface area (Å²) in [7, 11) is 0. The van der Waals surface area contributed by atoms with E-state index >= 15 is 0 Å². The predicted octanol–water partition coefficient (Wildman–Crippen LogP) is 2.45. The minimum absolute atomic E-state index is 0.0255. The summed E-state index contributed by atoms with van der Waals surface area (Å²) in [6.07, 6.45) is 6.71. The van der Waals surface area contributed by atoms with Gasteiger partial charge in [0.1, 0.15) is 0 Å². The standard InChI is InChI=1S/C12H15NOS/c1-4-6-9(3)13-12(14)11-8-7-10(5-2)15-11/h1,7-9H,5-6H2,2-3H3,(H,13,14). The van der Waals surface area contributed by atoms with Crippen molar-refractivity contribution in [2.24, 2.45) is 0 Å². The molecular weight excluding hydrogens is 206 g/mol. The first-order valence-corrected chi connectivity index (χ1v) is 5.82. The number of amides is 1. The second-order valence-corrected chi connectivity index (χ2v) is 4.57. The van der Waals surface area contributed by atoms with E-state index in [1.165, 1.54) is 16.2 Å². The van der Waals surface area contributed by atoms with Gasteiger partial charge in [-0.25, -0.2) is 0 Å². The van der Waals surface area contributed by atoms with Gasteiger partial charge >= 0.3 is 0 Å². The van der Waals surface area contributed by atoms with Gasteiger partial charge in [-0.3, -0.25) is 4.79 Å². The molecule has 1 unspecified atom stereocenters. The van der Waals surface area contributed by atoms with E-state index in [9.17, 15) is 4.79 Å². The highest BCUT2D eigenvalue weighted by molar-refractivity contribution is 7.14. The van der Waals surface area contributed by atoms with Crippen molar-refractivity contribution < 1.29 is 4.79 Å². The van der Waals surface area contributed by atoms with Gasteiger partial charge in [0, 0.05) is 17.3 Å². The minimum Gasteiger partial charge on any atom is -0.348 e. The molecule has 15 heavy (non-hydrogen) atoms. The maximum absolute atomic E-state index is 11.7. The molecule has 80 valence electrons. The Morgan fingerprint density at radius 2 is 2.40 bits per heavy atom. The zero-order valence-corrected chi connectivity index (χ0v) is 9.86. The number of rotatable bonds is 4. The topological polar surface area (TPSA) is 29.1 Å². The third-order valence-corrected chi connectivity index (χ3v) is 3.26. The maximum atomic E-state index is 11.7. The van der Waals surface area contributed by atoms with Crippen molar-refractivity contribution in [2.45, 2.75) is 32.7 Å². The van der Waals surface area contributed by atoms with Crippen molar-refractivity contribution >= 4 is 17.2 Å². The molecule has 0 saturated carbocycles. The van der Waals surface area contributed by atoms with Crippen LogP contribution in [0.5, 0.6) is 0 Å². The fourth-order valence-corrected chi connectivity index (χ4v) is 2.06. The molecule has 1 atom stereocenters. The molecule has 0 bridgehead atoms. The molecule has 0 aliphatic heterocycles. The van der Waals surface area contributed by atoms with Crippen LogP contribution >= 0.6 is 11.3 Å². The Hall–Kier alpha value is -1.27. The minimum atomic E-state index is -0.0255. The monoisotopic (exact) mass is 221 g/mol. The molecule has 0 aliphatic carbocycles. The van der Waals surface area contributed by atoms with Crippen LogP contribution in [0.2, 0.25) is 0 Å². The van der Waals surface area contributed by atoms with Crippen molar-refractivity contribution in [1.29, 1.82) is 0 Å². The van der Waals surface area contributed by atoms with Crippen LogP contribution in [0.25, 0.3) is 0 Å². The summed E-state index contributed by atoms with van der Waals surface area (Å²) in [6.45, 7) is 3.99. The molecule has 0 aromatic carbocycles. The number of carbonyl (C=O) groups is 1. The van der Waals surface area contributed by atoms with Crippen molar-refractivity contribution in [2.75, 3.05) is 0 Å². The molecule has 1 heterocycles. The lowest BCUT2D eigenvalue weighted by molar-refractivity contribution is 0.0945. The van der Waals surface area contributed by atoms with Crippen LogP contribution in [-0.2, 0) is 6.42 Å². The van der Waals surface area contributed by atoms with Crippen LogP contribution in [-0.4, -0.2) is 11.9 Å². The number of nitrogens with one attached hydrogen (secondary N) is 1. The first-order chi connectivity index (χ1) is 7.17. The summed E-state index contributed by atoms with van der Waals surface area (Å²) in [5.74, 6) is 2.50. The zero-order chi connectivity index (χ0) is 11.3. The number of carbonyl (C=O) groups excluding carboxylic acids is 1. The first-order valence-electron chi connectivity index (χ1n) is 5.00. The normalized spacial score (nSPS) is 11.8. The number of terminal acetylenes is 1. The van der Waals surface area contributed by atoms with Gasteiger partial charge < -0.3 is 5.32 Å². The quantitative estimate of drug-likeness (QED) is 0.777. The van der Waals surface area contributed by atoms with Gasteiger partial charge in [0.05, 0.1) is 4.88 Å². The molecule has 3 heteroatoms. The molecule has 0 fully saturated rings. The van der Waals surface area contributed by atoms with Gasteiger partial charge in [0.25, 0.3) is 5.91 Å². The van der Waals surface area contributed by atoms with Gasteiger partial charge in [0.15, 0.2) is 0 Å². The highest BCUT2D eigenvalue weighted by Crippen LogP contribution is 2.16. The summed E-state index contributed by atoms with van der Waals surface area (Å²) >= 11 is 1.54. The first kappa shape index (κ1) is 11.8. The Morgan fingerprint density at radius 1 is 1.67 bits per heavy atom.